The van der Waals surface area contributed by atoms with Gasteiger partial charge >= 0.3 is 6.09 Å². The van der Waals surface area contributed by atoms with E-state index >= 15 is 0 Å². The highest BCUT2D eigenvalue weighted by atomic mass is 32.1. The van der Waals surface area contributed by atoms with Crippen molar-refractivity contribution in [1.29, 1.82) is 0 Å². The number of nitrogens with one attached hydrogen (secondary N) is 3. The lowest BCUT2D eigenvalue weighted by atomic mass is 9.94. The molecule has 0 fully saturated rings. The summed E-state index contributed by atoms with van der Waals surface area (Å²) in [4.78, 5) is 53.2. The molecule has 1 aliphatic rings. The molecule has 12 nitrogen and oxygen atoms in total. The van der Waals surface area contributed by atoms with E-state index in [9.17, 15) is 29.4 Å². The van der Waals surface area contributed by atoms with Gasteiger partial charge in [-0.3, -0.25) is 14.4 Å². The van der Waals surface area contributed by atoms with Gasteiger partial charge in [-0.1, -0.05) is 26.0 Å². The highest BCUT2D eigenvalue weighted by molar-refractivity contribution is 7.07. The van der Waals surface area contributed by atoms with Crippen molar-refractivity contribution in [2.24, 2.45) is 5.92 Å². The van der Waals surface area contributed by atoms with Crippen LogP contribution in [0.2, 0.25) is 0 Å². The van der Waals surface area contributed by atoms with Crippen LogP contribution in [0.1, 0.15) is 45.2 Å². The van der Waals surface area contributed by atoms with E-state index in [1.54, 1.807) is 12.1 Å². The van der Waals surface area contributed by atoms with Crippen LogP contribution in [-0.4, -0.2) is 61.3 Å². The number of benzene rings is 1. The number of para-hydroxylation sites is 1. The number of carbonyl (C=O) groups is 4. The molecular weight excluding hydrogens is 562 g/mol. The molecule has 2 atom stereocenters. The van der Waals surface area contributed by atoms with E-state index in [2.05, 4.69) is 16.0 Å². The van der Waals surface area contributed by atoms with E-state index in [0.717, 1.165) is 5.56 Å². The first-order chi connectivity index (χ1) is 19.8. The molecule has 2 aromatic heterocycles. The number of hydrogen-bond acceptors (Lipinski definition) is 7. The molecule has 0 saturated carbocycles. The number of aromatic nitrogens is 1. The first kappa shape index (κ1) is 30.4. The molecule has 1 unspecified atom stereocenters. The second-order valence-corrected chi connectivity index (χ2v) is 12.0. The fourth-order valence-electron chi connectivity index (χ4n) is 4.98. The molecule has 13 heteroatoms. The number of aromatic hydroxyl groups is 2. The number of rotatable bonds is 10. The summed E-state index contributed by atoms with van der Waals surface area (Å²) in [7, 11) is 0. The Morgan fingerprint density at radius 1 is 1.10 bits per heavy atom. The Bertz CT molecular complexity index is 1460. The summed E-state index contributed by atoms with van der Waals surface area (Å²) >= 11 is 1.47. The lowest BCUT2D eigenvalue weighted by molar-refractivity contribution is -0.133. The van der Waals surface area contributed by atoms with Gasteiger partial charge in [0, 0.05) is 18.6 Å². The van der Waals surface area contributed by atoms with Gasteiger partial charge in [0.1, 0.15) is 17.6 Å². The Hall–Kier alpha value is -4.52. The van der Waals surface area contributed by atoms with Gasteiger partial charge in [-0.25, -0.2) is 9.36 Å². The van der Waals surface area contributed by atoms with Gasteiger partial charge < -0.3 is 36.2 Å². The summed E-state index contributed by atoms with van der Waals surface area (Å²) in [6.07, 6.45) is -0.990. The second kappa shape index (κ2) is 12.1. The molecule has 6 N–H and O–H groups in total. The minimum Gasteiger partial charge on any atom is -0.494 e. The molecule has 4 amide bonds. The van der Waals surface area contributed by atoms with Crippen LogP contribution in [0.15, 0.2) is 47.2 Å². The van der Waals surface area contributed by atoms with Crippen molar-refractivity contribution in [2.75, 3.05) is 4.90 Å². The third kappa shape index (κ3) is 6.51. The van der Waals surface area contributed by atoms with Gasteiger partial charge in [0.2, 0.25) is 17.7 Å². The van der Waals surface area contributed by atoms with E-state index in [-0.39, 0.29) is 37.1 Å². The highest BCUT2D eigenvalue weighted by Gasteiger charge is 2.39. The molecule has 0 radical (unpaired) electrons. The standard InChI is InChI=1S/C29H35N5O7S/c1-16(2)12-19(31-27(39)29(3,4)32-28(40)41)25(37)30-20-13-18-6-5-7-21(34-22(35)8-9-23(34)36)24(18)33(26(20)38)14-17-10-11-42-15-17/h5-11,15-16,19-20,32,35-36H,12-14H2,1-4H3,(H,30,37)(H,31,39)(H,40,41)/t19-,20?/m1/s1. The van der Waals surface area contributed by atoms with Crippen LogP contribution in [0.25, 0.3) is 5.69 Å². The molecule has 0 spiro atoms. The first-order valence-electron chi connectivity index (χ1n) is 13.4. The Kier molecular flexibility index (Phi) is 8.81. The van der Waals surface area contributed by atoms with Crippen molar-refractivity contribution >= 4 is 40.8 Å². The molecule has 0 aliphatic carbocycles. The van der Waals surface area contributed by atoms with Gasteiger partial charge in [-0.15, -0.1) is 0 Å². The number of hydrogen-bond donors (Lipinski definition) is 6. The highest BCUT2D eigenvalue weighted by Crippen LogP contribution is 2.39. The van der Waals surface area contributed by atoms with Crippen molar-refractivity contribution in [1.82, 2.24) is 20.5 Å². The third-order valence-corrected chi connectivity index (χ3v) is 7.72. The average Bonchev–Trinajstić information content (AvgIpc) is 3.53. The molecule has 0 bridgehead atoms. The van der Waals surface area contributed by atoms with Crippen LogP contribution in [0.4, 0.5) is 10.5 Å². The summed E-state index contributed by atoms with van der Waals surface area (Å²) in [6, 6.07) is 7.83. The smallest absolute Gasteiger partial charge is 0.405 e. The second-order valence-electron chi connectivity index (χ2n) is 11.2. The number of anilines is 1. The normalized spacial score (nSPS) is 15.7. The van der Waals surface area contributed by atoms with E-state index in [1.165, 1.54) is 46.8 Å². The van der Waals surface area contributed by atoms with E-state index in [0.29, 0.717) is 16.9 Å². The molecule has 3 aromatic rings. The monoisotopic (exact) mass is 597 g/mol. The maximum Gasteiger partial charge on any atom is 0.405 e. The Morgan fingerprint density at radius 2 is 1.79 bits per heavy atom. The molecule has 1 aliphatic heterocycles. The Labute approximate surface area is 247 Å². The predicted molar refractivity (Wildman–Crippen MR) is 157 cm³/mol. The van der Waals surface area contributed by atoms with Crippen LogP contribution in [0, 0.1) is 5.92 Å². The van der Waals surface area contributed by atoms with Crippen molar-refractivity contribution in [3.63, 3.8) is 0 Å². The van der Waals surface area contributed by atoms with Gasteiger partial charge in [0.05, 0.1) is 17.9 Å². The summed E-state index contributed by atoms with van der Waals surface area (Å²) in [6.45, 7) is 6.73. The first-order valence-corrected chi connectivity index (χ1v) is 14.4. The maximum atomic E-state index is 14.0. The predicted octanol–water partition coefficient (Wildman–Crippen LogP) is 3.10. The quantitative estimate of drug-likeness (QED) is 0.208. The van der Waals surface area contributed by atoms with Crippen LogP contribution in [0.5, 0.6) is 11.8 Å². The van der Waals surface area contributed by atoms with Crippen molar-refractivity contribution in [3.8, 4) is 17.4 Å². The van der Waals surface area contributed by atoms with Crippen molar-refractivity contribution < 1.29 is 34.5 Å². The van der Waals surface area contributed by atoms with Crippen molar-refractivity contribution in [2.45, 2.75) is 64.7 Å². The number of thiophene rings is 1. The topological polar surface area (TPSA) is 173 Å². The zero-order valence-corrected chi connectivity index (χ0v) is 24.6. The molecule has 3 heterocycles. The Morgan fingerprint density at radius 3 is 2.38 bits per heavy atom. The minimum absolute atomic E-state index is 0.000970. The number of nitrogens with zero attached hydrogens (tertiary/aromatic N) is 2. The van der Waals surface area contributed by atoms with Gasteiger partial charge in [0.15, 0.2) is 11.8 Å². The lowest BCUT2D eigenvalue weighted by Crippen LogP contribution is -2.61. The number of fused-ring (bicyclic) bond motifs is 1. The molecule has 1 aromatic carbocycles. The zero-order valence-electron chi connectivity index (χ0n) is 23.7. The van der Waals surface area contributed by atoms with Gasteiger partial charge in [-0.05, 0) is 60.2 Å². The fourth-order valence-corrected chi connectivity index (χ4v) is 5.64. The molecule has 42 heavy (non-hydrogen) atoms. The van der Waals surface area contributed by atoms with Crippen LogP contribution in [-0.2, 0) is 27.3 Å². The number of carboxylic acid groups (broad SMARTS) is 1. The molecule has 224 valence electrons. The summed E-state index contributed by atoms with van der Waals surface area (Å²) in [5, 5.41) is 41.4. The van der Waals surface area contributed by atoms with E-state index in [4.69, 9.17) is 5.11 Å². The number of carbonyl (C=O) groups excluding carboxylic acids is 3. The average molecular weight is 598 g/mol. The molecule has 4 rings (SSSR count). The van der Waals surface area contributed by atoms with E-state index < -0.39 is 41.4 Å². The largest absolute Gasteiger partial charge is 0.494 e. The van der Waals surface area contributed by atoms with Gasteiger partial charge in [-0.2, -0.15) is 11.3 Å². The zero-order chi connectivity index (χ0) is 30.8. The van der Waals surface area contributed by atoms with Crippen molar-refractivity contribution in [3.05, 3.63) is 58.3 Å². The fraction of sp³-hybridized carbons (Fsp3) is 0.379. The molecular formula is C29H35N5O7S. The SMILES string of the molecule is CC(C)C[C@@H](NC(=O)C(C)(C)NC(=O)O)C(=O)NC1Cc2cccc(-n3c(O)ccc3O)c2N(Cc2ccsc2)C1=O. The molecule has 0 saturated heterocycles. The minimum atomic E-state index is -1.50. The number of amides is 4. The maximum absolute atomic E-state index is 14.0. The van der Waals surface area contributed by atoms with E-state index in [1.807, 2.05) is 36.7 Å². The van der Waals surface area contributed by atoms with Crippen LogP contribution >= 0.6 is 11.3 Å². The Balaban J connectivity index is 1.66. The lowest BCUT2D eigenvalue weighted by Gasteiger charge is -2.37. The van der Waals surface area contributed by atoms with Crippen LogP contribution in [0.3, 0.4) is 0 Å². The third-order valence-electron chi connectivity index (χ3n) is 6.99. The van der Waals surface area contributed by atoms with Gasteiger partial charge in [0.25, 0.3) is 0 Å². The summed E-state index contributed by atoms with van der Waals surface area (Å²) in [5.74, 6) is -2.06. The summed E-state index contributed by atoms with van der Waals surface area (Å²) in [5.41, 5.74) is 0.967. The van der Waals surface area contributed by atoms with Crippen LogP contribution < -0.4 is 20.9 Å². The summed E-state index contributed by atoms with van der Waals surface area (Å²) < 4.78 is 1.24.